The van der Waals surface area contributed by atoms with Crippen molar-refractivity contribution in [3.63, 3.8) is 0 Å². The Morgan fingerprint density at radius 3 is 2.30 bits per heavy atom. The molecule has 0 radical (unpaired) electrons. The normalized spacial score (nSPS) is 15.1. The molecule has 0 spiro atoms. The third-order valence-corrected chi connectivity index (χ3v) is 6.69. The summed E-state index contributed by atoms with van der Waals surface area (Å²) in [5.41, 5.74) is 2.19. The highest BCUT2D eigenvalue weighted by atomic mass is 32.2. The summed E-state index contributed by atoms with van der Waals surface area (Å²) in [5, 5.41) is 6.70. The third-order valence-electron chi connectivity index (χ3n) is 5.15. The van der Waals surface area contributed by atoms with Crippen molar-refractivity contribution in [2.24, 2.45) is 4.99 Å². The number of guanidine groups is 1. The van der Waals surface area contributed by atoms with Gasteiger partial charge < -0.3 is 10.6 Å². The molecule has 30 heavy (non-hydrogen) atoms. The minimum Gasteiger partial charge on any atom is -0.357 e. The standard InChI is InChI=1S/C23H32N4O2S/c1-4-24-22(26-17-23(2,3)19-8-6-5-7-9-19)25-16-18-10-14-21(15-11-18)30(28,29)27-20-12-13-20/h5-11,14-15,20,27H,4,12-13,16-17H2,1-3H3,(H2,24,25,26). The molecular weight excluding hydrogens is 396 g/mol. The number of rotatable bonds is 9. The summed E-state index contributed by atoms with van der Waals surface area (Å²) in [6.45, 7) is 8.42. The van der Waals surface area contributed by atoms with E-state index in [1.807, 2.05) is 25.1 Å². The van der Waals surface area contributed by atoms with Crippen molar-refractivity contribution in [2.75, 3.05) is 13.1 Å². The van der Waals surface area contributed by atoms with Gasteiger partial charge in [-0.2, -0.15) is 0 Å². The van der Waals surface area contributed by atoms with Gasteiger partial charge in [-0.05, 0) is 43.0 Å². The topological polar surface area (TPSA) is 82.6 Å². The SMILES string of the molecule is CCNC(=NCc1ccc(S(=O)(=O)NC2CC2)cc1)NCC(C)(C)c1ccccc1. The van der Waals surface area contributed by atoms with E-state index in [9.17, 15) is 8.42 Å². The van der Waals surface area contributed by atoms with Gasteiger partial charge in [0.2, 0.25) is 10.0 Å². The number of nitrogens with one attached hydrogen (secondary N) is 3. The molecule has 1 aliphatic rings. The van der Waals surface area contributed by atoms with Gasteiger partial charge in [0.15, 0.2) is 5.96 Å². The van der Waals surface area contributed by atoms with Crippen LogP contribution < -0.4 is 15.4 Å². The van der Waals surface area contributed by atoms with Crippen LogP contribution in [0.15, 0.2) is 64.5 Å². The van der Waals surface area contributed by atoms with Crippen LogP contribution in [0.1, 0.15) is 44.7 Å². The minimum atomic E-state index is -3.42. The molecule has 1 aliphatic carbocycles. The highest BCUT2D eigenvalue weighted by Gasteiger charge is 2.27. The lowest BCUT2D eigenvalue weighted by Gasteiger charge is -2.26. The van der Waals surface area contributed by atoms with E-state index in [0.717, 1.165) is 37.5 Å². The molecule has 0 aliphatic heterocycles. The number of sulfonamides is 1. The molecule has 0 heterocycles. The quantitative estimate of drug-likeness (QED) is 0.423. The fraction of sp³-hybridized carbons (Fsp3) is 0.435. The van der Waals surface area contributed by atoms with Crippen molar-refractivity contribution in [2.45, 2.75) is 56.5 Å². The van der Waals surface area contributed by atoms with Crippen molar-refractivity contribution in [1.29, 1.82) is 0 Å². The van der Waals surface area contributed by atoms with Crippen molar-refractivity contribution < 1.29 is 8.42 Å². The largest absolute Gasteiger partial charge is 0.357 e. The van der Waals surface area contributed by atoms with Gasteiger partial charge >= 0.3 is 0 Å². The average Bonchev–Trinajstić information content (AvgIpc) is 3.54. The first kappa shape index (κ1) is 22.3. The zero-order valence-electron chi connectivity index (χ0n) is 18.0. The van der Waals surface area contributed by atoms with Crippen LogP contribution in [0.4, 0.5) is 0 Å². The Balaban J connectivity index is 1.61. The summed E-state index contributed by atoms with van der Waals surface area (Å²) in [6, 6.07) is 17.5. The van der Waals surface area contributed by atoms with Gasteiger partial charge in [0.25, 0.3) is 0 Å². The van der Waals surface area contributed by atoms with Crippen LogP contribution in [-0.2, 0) is 22.0 Å². The Bertz CT molecular complexity index is 950. The van der Waals surface area contributed by atoms with Gasteiger partial charge in [-0.15, -0.1) is 0 Å². The first-order chi connectivity index (χ1) is 14.3. The zero-order valence-corrected chi connectivity index (χ0v) is 18.8. The first-order valence-corrected chi connectivity index (χ1v) is 12.0. The van der Waals surface area contributed by atoms with E-state index in [0.29, 0.717) is 11.4 Å². The lowest BCUT2D eigenvalue weighted by Crippen LogP contribution is -2.43. The van der Waals surface area contributed by atoms with Crippen molar-refractivity contribution in [3.05, 3.63) is 65.7 Å². The summed E-state index contributed by atoms with van der Waals surface area (Å²) in [5.74, 6) is 0.744. The van der Waals surface area contributed by atoms with Gasteiger partial charge in [0, 0.05) is 24.5 Å². The average molecular weight is 429 g/mol. The Hall–Kier alpha value is -2.38. The Morgan fingerprint density at radius 2 is 1.70 bits per heavy atom. The predicted octanol–water partition coefficient (Wildman–Crippen LogP) is 3.16. The molecule has 0 unspecified atom stereocenters. The highest BCUT2D eigenvalue weighted by Crippen LogP contribution is 2.23. The fourth-order valence-electron chi connectivity index (χ4n) is 3.07. The van der Waals surface area contributed by atoms with Crippen LogP contribution in [0.5, 0.6) is 0 Å². The number of hydrogen-bond donors (Lipinski definition) is 3. The van der Waals surface area contributed by atoms with E-state index in [-0.39, 0.29) is 11.5 Å². The van der Waals surface area contributed by atoms with E-state index in [1.165, 1.54) is 5.56 Å². The van der Waals surface area contributed by atoms with Crippen molar-refractivity contribution >= 4 is 16.0 Å². The minimum absolute atomic E-state index is 0.0397. The molecule has 0 saturated heterocycles. The maximum absolute atomic E-state index is 12.3. The smallest absolute Gasteiger partial charge is 0.240 e. The maximum Gasteiger partial charge on any atom is 0.240 e. The molecule has 0 amide bonds. The molecule has 1 saturated carbocycles. The van der Waals surface area contributed by atoms with Gasteiger partial charge in [0.1, 0.15) is 0 Å². The number of nitrogens with zero attached hydrogens (tertiary/aromatic N) is 1. The van der Waals surface area contributed by atoms with E-state index in [4.69, 9.17) is 0 Å². The molecule has 3 N–H and O–H groups in total. The highest BCUT2D eigenvalue weighted by molar-refractivity contribution is 7.89. The Morgan fingerprint density at radius 1 is 1.03 bits per heavy atom. The lowest BCUT2D eigenvalue weighted by atomic mass is 9.85. The monoisotopic (exact) mass is 428 g/mol. The molecule has 0 bridgehead atoms. The van der Waals surface area contributed by atoms with Crippen LogP contribution in [-0.4, -0.2) is 33.5 Å². The summed E-state index contributed by atoms with van der Waals surface area (Å²) in [7, 11) is -3.42. The molecule has 1 fully saturated rings. The van der Waals surface area contributed by atoms with E-state index in [1.54, 1.807) is 12.1 Å². The van der Waals surface area contributed by atoms with Crippen LogP contribution in [0.2, 0.25) is 0 Å². The van der Waals surface area contributed by atoms with E-state index >= 15 is 0 Å². The van der Waals surface area contributed by atoms with Gasteiger partial charge in [0.05, 0.1) is 11.4 Å². The van der Waals surface area contributed by atoms with Gasteiger partial charge in [-0.1, -0.05) is 56.3 Å². The van der Waals surface area contributed by atoms with E-state index in [2.05, 4.69) is 58.5 Å². The molecule has 2 aromatic rings. The second-order valence-electron chi connectivity index (χ2n) is 8.34. The molecule has 3 rings (SSSR count). The van der Waals surface area contributed by atoms with E-state index < -0.39 is 10.0 Å². The number of hydrogen-bond acceptors (Lipinski definition) is 3. The molecular formula is C23H32N4O2S. The Labute approximate surface area is 180 Å². The second kappa shape index (κ2) is 9.62. The fourth-order valence-corrected chi connectivity index (χ4v) is 4.38. The second-order valence-corrected chi connectivity index (χ2v) is 10.1. The molecule has 162 valence electrons. The number of aliphatic imine (C=N–C) groups is 1. The number of benzene rings is 2. The molecule has 7 heteroatoms. The van der Waals surface area contributed by atoms with Crippen LogP contribution >= 0.6 is 0 Å². The molecule has 6 nitrogen and oxygen atoms in total. The van der Waals surface area contributed by atoms with Crippen molar-refractivity contribution in [1.82, 2.24) is 15.4 Å². The van der Waals surface area contributed by atoms with Crippen LogP contribution in [0.25, 0.3) is 0 Å². The zero-order chi connectivity index (χ0) is 21.6. The van der Waals surface area contributed by atoms with Crippen molar-refractivity contribution in [3.8, 4) is 0 Å². The Kier molecular flexibility index (Phi) is 7.15. The molecule has 0 aromatic heterocycles. The van der Waals surface area contributed by atoms with Crippen LogP contribution in [0.3, 0.4) is 0 Å². The van der Waals surface area contributed by atoms with Crippen LogP contribution in [0, 0.1) is 0 Å². The molecule has 2 aromatic carbocycles. The summed E-state index contributed by atoms with van der Waals surface area (Å²) < 4.78 is 27.3. The summed E-state index contributed by atoms with van der Waals surface area (Å²) >= 11 is 0. The third kappa shape index (κ3) is 6.31. The summed E-state index contributed by atoms with van der Waals surface area (Å²) in [6.07, 6.45) is 1.85. The summed E-state index contributed by atoms with van der Waals surface area (Å²) in [4.78, 5) is 4.96. The predicted molar refractivity (Wildman–Crippen MR) is 122 cm³/mol. The van der Waals surface area contributed by atoms with Gasteiger partial charge in [-0.3, -0.25) is 0 Å². The van der Waals surface area contributed by atoms with Gasteiger partial charge in [-0.25, -0.2) is 18.1 Å². The maximum atomic E-state index is 12.3. The lowest BCUT2D eigenvalue weighted by molar-refractivity contribution is 0.508. The molecule has 0 atom stereocenters. The first-order valence-electron chi connectivity index (χ1n) is 10.5.